The van der Waals surface area contributed by atoms with Crippen LogP contribution in [0.1, 0.15) is 48.4 Å². The molecule has 0 saturated heterocycles. The molecule has 0 heterocycles. The van der Waals surface area contributed by atoms with Gasteiger partial charge in [-0.05, 0) is 66.4 Å². The Morgan fingerprint density at radius 2 is 1.34 bits per heavy atom. The SMILES string of the molecule is CCCCCOc1ccc(C#Cc2ccc(C#Cc3ccc4c(F)c(F)ccc4c3)cc2)c(F)c1. The molecule has 0 aliphatic carbocycles. The molecule has 0 aliphatic heterocycles. The first kappa shape index (κ1) is 24.0. The second-order valence-electron chi connectivity index (χ2n) is 8.07. The summed E-state index contributed by atoms with van der Waals surface area (Å²) in [7, 11) is 0. The van der Waals surface area contributed by atoms with Gasteiger partial charge in [0.15, 0.2) is 11.6 Å². The minimum atomic E-state index is -0.869. The molecule has 4 aromatic carbocycles. The van der Waals surface area contributed by atoms with Crippen LogP contribution in [-0.2, 0) is 0 Å². The fourth-order valence-corrected chi connectivity index (χ4v) is 3.49. The second kappa shape index (κ2) is 11.3. The van der Waals surface area contributed by atoms with Gasteiger partial charge in [-0.25, -0.2) is 13.2 Å². The highest BCUT2D eigenvalue weighted by atomic mass is 19.2. The molecule has 1 nitrogen and oxygen atoms in total. The Morgan fingerprint density at radius 3 is 2.06 bits per heavy atom. The molecule has 35 heavy (non-hydrogen) atoms. The molecular weight excluding hydrogens is 445 g/mol. The van der Waals surface area contributed by atoms with Crippen LogP contribution in [0, 0.1) is 41.1 Å². The van der Waals surface area contributed by atoms with Crippen molar-refractivity contribution in [1.82, 2.24) is 0 Å². The van der Waals surface area contributed by atoms with E-state index in [4.69, 9.17) is 4.74 Å². The van der Waals surface area contributed by atoms with Crippen LogP contribution in [0.5, 0.6) is 5.75 Å². The van der Waals surface area contributed by atoms with Crippen LogP contribution in [-0.4, -0.2) is 6.61 Å². The number of rotatable bonds is 5. The van der Waals surface area contributed by atoms with E-state index in [2.05, 4.69) is 30.6 Å². The first-order valence-electron chi connectivity index (χ1n) is 11.5. The van der Waals surface area contributed by atoms with Gasteiger partial charge in [-0.15, -0.1) is 0 Å². The third-order valence-electron chi connectivity index (χ3n) is 5.44. The molecular formula is C31H23F3O. The summed E-state index contributed by atoms with van der Waals surface area (Å²) in [4.78, 5) is 0. The largest absolute Gasteiger partial charge is 0.493 e. The van der Waals surface area contributed by atoms with E-state index in [-0.39, 0.29) is 5.39 Å². The van der Waals surface area contributed by atoms with Crippen molar-refractivity contribution in [3.63, 3.8) is 0 Å². The van der Waals surface area contributed by atoms with E-state index in [1.54, 1.807) is 24.3 Å². The molecule has 0 amide bonds. The highest BCUT2D eigenvalue weighted by Crippen LogP contribution is 2.21. The molecule has 4 aromatic rings. The molecule has 0 unspecified atom stereocenters. The summed E-state index contributed by atoms with van der Waals surface area (Å²) in [6.07, 6.45) is 3.14. The lowest BCUT2D eigenvalue weighted by Gasteiger charge is -2.06. The smallest absolute Gasteiger partial charge is 0.166 e. The molecule has 174 valence electrons. The van der Waals surface area contributed by atoms with Crippen LogP contribution in [0.4, 0.5) is 13.2 Å². The normalized spacial score (nSPS) is 10.3. The van der Waals surface area contributed by atoms with Gasteiger partial charge in [-0.2, -0.15) is 0 Å². The van der Waals surface area contributed by atoms with Crippen molar-refractivity contribution in [1.29, 1.82) is 0 Å². The lowest BCUT2D eigenvalue weighted by molar-refractivity contribution is 0.305. The Bertz CT molecular complexity index is 1470. The van der Waals surface area contributed by atoms with E-state index in [1.807, 2.05) is 24.3 Å². The summed E-state index contributed by atoms with van der Waals surface area (Å²) in [5.41, 5.74) is 2.51. The number of ether oxygens (including phenoxy) is 1. The Labute approximate surface area is 203 Å². The number of hydrogen-bond acceptors (Lipinski definition) is 1. The maximum absolute atomic E-state index is 14.4. The zero-order valence-corrected chi connectivity index (χ0v) is 19.3. The van der Waals surface area contributed by atoms with Crippen LogP contribution in [0.15, 0.2) is 72.8 Å². The Morgan fingerprint density at radius 1 is 0.657 bits per heavy atom. The minimum Gasteiger partial charge on any atom is -0.493 e. The average molecular weight is 469 g/mol. The van der Waals surface area contributed by atoms with Crippen LogP contribution in [0.2, 0.25) is 0 Å². The highest BCUT2D eigenvalue weighted by molar-refractivity contribution is 5.84. The maximum Gasteiger partial charge on any atom is 0.166 e. The van der Waals surface area contributed by atoms with Gasteiger partial charge in [0.25, 0.3) is 0 Å². The minimum absolute atomic E-state index is 0.226. The van der Waals surface area contributed by atoms with Crippen molar-refractivity contribution >= 4 is 10.8 Å². The van der Waals surface area contributed by atoms with Gasteiger partial charge in [-0.3, -0.25) is 0 Å². The molecule has 0 radical (unpaired) electrons. The zero-order chi connectivity index (χ0) is 24.6. The summed E-state index contributed by atoms with van der Waals surface area (Å²) in [5.74, 6) is 10.3. The van der Waals surface area contributed by atoms with Crippen molar-refractivity contribution in [2.45, 2.75) is 26.2 Å². The first-order valence-corrected chi connectivity index (χ1v) is 11.5. The van der Waals surface area contributed by atoms with Gasteiger partial charge in [-0.1, -0.05) is 55.6 Å². The fraction of sp³-hybridized carbons (Fsp3) is 0.161. The number of hydrogen-bond donors (Lipinski definition) is 0. The Hall–Kier alpha value is -4.15. The highest BCUT2D eigenvalue weighted by Gasteiger charge is 2.06. The van der Waals surface area contributed by atoms with E-state index < -0.39 is 17.5 Å². The van der Waals surface area contributed by atoms with Crippen LogP contribution in [0.3, 0.4) is 0 Å². The Balaban J connectivity index is 1.42. The van der Waals surface area contributed by atoms with Crippen molar-refractivity contribution < 1.29 is 17.9 Å². The lowest BCUT2D eigenvalue weighted by Crippen LogP contribution is -1.97. The molecule has 4 rings (SSSR count). The van der Waals surface area contributed by atoms with Gasteiger partial charge < -0.3 is 4.74 Å². The van der Waals surface area contributed by atoms with Gasteiger partial charge >= 0.3 is 0 Å². The molecule has 0 bridgehead atoms. The van der Waals surface area contributed by atoms with Crippen LogP contribution < -0.4 is 4.74 Å². The van der Waals surface area contributed by atoms with Gasteiger partial charge in [0.1, 0.15) is 11.6 Å². The summed E-state index contributed by atoms with van der Waals surface area (Å²) < 4.78 is 47.1. The number of halogens is 3. The first-order chi connectivity index (χ1) is 17.0. The molecule has 0 aliphatic rings. The zero-order valence-electron chi connectivity index (χ0n) is 19.3. The fourth-order valence-electron chi connectivity index (χ4n) is 3.49. The van der Waals surface area contributed by atoms with E-state index >= 15 is 0 Å². The standard InChI is InChI=1S/C31H23F3O/c1-2-3-4-19-35-27-16-14-25(30(33)21-27)13-11-23-7-5-22(6-8-23)9-10-24-12-17-28-26(20-24)15-18-29(32)31(28)34/h5-8,12,14-18,20-21H,2-4,19H2,1H3. The topological polar surface area (TPSA) is 9.23 Å². The molecule has 0 spiro atoms. The van der Waals surface area contributed by atoms with Crippen LogP contribution in [0.25, 0.3) is 10.8 Å². The lowest BCUT2D eigenvalue weighted by atomic mass is 10.1. The Kier molecular flexibility index (Phi) is 7.76. The molecule has 0 atom stereocenters. The summed E-state index contributed by atoms with van der Waals surface area (Å²) in [6.45, 7) is 2.70. The maximum atomic E-state index is 14.4. The molecule has 0 N–H and O–H groups in total. The van der Waals surface area contributed by atoms with E-state index in [0.29, 0.717) is 28.9 Å². The van der Waals surface area contributed by atoms with Crippen molar-refractivity contribution in [2.75, 3.05) is 6.61 Å². The van der Waals surface area contributed by atoms with Gasteiger partial charge in [0, 0.05) is 28.1 Å². The predicted octanol–water partition coefficient (Wildman–Crippen LogP) is 7.63. The van der Waals surface area contributed by atoms with Crippen molar-refractivity contribution in [3.05, 3.63) is 113 Å². The molecule has 4 heteroatoms. The second-order valence-corrected chi connectivity index (χ2v) is 8.07. The molecule has 0 aromatic heterocycles. The number of benzene rings is 4. The predicted molar refractivity (Wildman–Crippen MR) is 134 cm³/mol. The van der Waals surface area contributed by atoms with Crippen molar-refractivity contribution in [3.8, 4) is 29.4 Å². The average Bonchev–Trinajstić information content (AvgIpc) is 2.88. The van der Waals surface area contributed by atoms with Crippen molar-refractivity contribution in [2.24, 2.45) is 0 Å². The number of fused-ring (bicyclic) bond motifs is 1. The summed E-state index contributed by atoms with van der Waals surface area (Å²) >= 11 is 0. The third-order valence-corrected chi connectivity index (χ3v) is 5.44. The van der Waals surface area contributed by atoms with E-state index in [9.17, 15) is 13.2 Å². The van der Waals surface area contributed by atoms with E-state index in [1.165, 1.54) is 18.2 Å². The third kappa shape index (κ3) is 6.25. The quantitative estimate of drug-likeness (QED) is 0.216. The van der Waals surface area contributed by atoms with Crippen LogP contribution >= 0.6 is 0 Å². The molecule has 0 fully saturated rings. The van der Waals surface area contributed by atoms with Gasteiger partial charge in [0.05, 0.1) is 12.2 Å². The summed E-state index contributed by atoms with van der Waals surface area (Å²) in [5, 5.41) is 0.814. The van der Waals surface area contributed by atoms with Gasteiger partial charge in [0.2, 0.25) is 0 Å². The molecule has 0 saturated carbocycles. The summed E-state index contributed by atoms with van der Waals surface area (Å²) in [6, 6.07) is 19.6. The monoisotopic (exact) mass is 468 g/mol. The number of unbranched alkanes of at least 4 members (excludes halogenated alkanes) is 2. The van der Waals surface area contributed by atoms with E-state index in [0.717, 1.165) is 36.5 Å².